The first-order valence-electron chi connectivity index (χ1n) is 9.08. The molecule has 3 N–H and O–H groups in total. The fourth-order valence-electron chi connectivity index (χ4n) is 3.52. The molecule has 2 aromatic heterocycles. The molecule has 0 aliphatic heterocycles. The molecule has 4 nitrogen and oxygen atoms in total. The van der Waals surface area contributed by atoms with Crippen molar-refractivity contribution in [3.05, 3.63) is 66.1 Å². The van der Waals surface area contributed by atoms with Crippen LogP contribution < -0.4 is 5.32 Å². The molecule has 0 fully saturated rings. The van der Waals surface area contributed by atoms with Crippen LogP contribution in [-0.4, -0.2) is 33.4 Å². The average molecular weight is 391 g/mol. The topological polar surface area (TPSA) is 60.9 Å². The highest BCUT2D eigenvalue weighted by molar-refractivity contribution is 5.79. The standard InChI is InChI=1S/C21H24F3N3O/c1-19(2,16-6-4-3-5-7-16)13-20(28,21(22,23)24)14-26-12-17-10-15-11-25-9-8-18(15)27-17/h3-11,26-28H,12-14H2,1-2H3. The molecule has 28 heavy (non-hydrogen) atoms. The number of pyridine rings is 1. The second-order valence-corrected chi connectivity index (χ2v) is 7.82. The molecule has 1 aromatic carbocycles. The minimum absolute atomic E-state index is 0.179. The first kappa shape index (κ1) is 20.4. The van der Waals surface area contributed by atoms with Gasteiger partial charge in [0, 0.05) is 42.1 Å². The highest BCUT2D eigenvalue weighted by Gasteiger charge is 2.55. The molecule has 0 spiro atoms. The zero-order chi connectivity index (χ0) is 20.4. The van der Waals surface area contributed by atoms with Crippen LogP contribution in [0.15, 0.2) is 54.9 Å². The van der Waals surface area contributed by atoms with Crippen LogP contribution in [0.1, 0.15) is 31.5 Å². The highest BCUT2D eigenvalue weighted by atomic mass is 19.4. The summed E-state index contributed by atoms with van der Waals surface area (Å²) in [4.78, 5) is 7.15. The van der Waals surface area contributed by atoms with Crippen molar-refractivity contribution in [3.8, 4) is 0 Å². The van der Waals surface area contributed by atoms with Crippen molar-refractivity contribution in [3.63, 3.8) is 0 Å². The maximum absolute atomic E-state index is 13.7. The third-order valence-corrected chi connectivity index (χ3v) is 5.03. The molecule has 0 saturated heterocycles. The Balaban J connectivity index is 1.72. The van der Waals surface area contributed by atoms with Gasteiger partial charge in [-0.25, -0.2) is 0 Å². The normalized spacial score (nSPS) is 14.9. The lowest BCUT2D eigenvalue weighted by molar-refractivity contribution is -0.264. The van der Waals surface area contributed by atoms with E-state index in [1.807, 2.05) is 12.1 Å². The molecule has 1 atom stereocenters. The van der Waals surface area contributed by atoms with E-state index in [2.05, 4.69) is 15.3 Å². The predicted molar refractivity (Wildman–Crippen MR) is 103 cm³/mol. The summed E-state index contributed by atoms with van der Waals surface area (Å²) in [5, 5.41) is 14.2. The van der Waals surface area contributed by atoms with Gasteiger partial charge in [-0.2, -0.15) is 13.2 Å². The molecular weight excluding hydrogens is 367 g/mol. The number of fused-ring (bicyclic) bond motifs is 1. The number of nitrogens with one attached hydrogen (secondary N) is 2. The summed E-state index contributed by atoms with van der Waals surface area (Å²) in [6.45, 7) is 3.01. The second kappa shape index (κ2) is 7.56. The van der Waals surface area contributed by atoms with Gasteiger partial charge in [-0.1, -0.05) is 44.2 Å². The van der Waals surface area contributed by atoms with Crippen LogP contribution >= 0.6 is 0 Å². The summed E-state index contributed by atoms with van der Waals surface area (Å²) in [6, 6.07) is 12.6. The molecule has 7 heteroatoms. The largest absolute Gasteiger partial charge is 0.418 e. The summed E-state index contributed by atoms with van der Waals surface area (Å²) < 4.78 is 41.2. The van der Waals surface area contributed by atoms with Gasteiger partial charge in [0.15, 0.2) is 5.60 Å². The zero-order valence-corrected chi connectivity index (χ0v) is 15.8. The van der Waals surface area contributed by atoms with Gasteiger partial charge >= 0.3 is 6.18 Å². The second-order valence-electron chi connectivity index (χ2n) is 7.82. The SMILES string of the molecule is CC(C)(CC(O)(CNCc1cc2cnccc2[nH]1)C(F)(F)F)c1ccccc1. The maximum atomic E-state index is 13.7. The van der Waals surface area contributed by atoms with Crippen molar-refractivity contribution in [1.29, 1.82) is 0 Å². The maximum Gasteiger partial charge on any atom is 0.418 e. The van der Waals surface area contributed by atoms with Crippen molar-refractivity contribution >= 4 is 10.9 Å². The summed E-state index contributed by atoms with van der Waals surface area (Å²) in [5.74, 6) is 0. The van der Waals surface area contributed by atoms with Crippen LogP contribution in [0.3, 0.4) is 0 Å². The summed E-state index contributed by atoms with van der Waals surface area (Å²) in [6.07, 6.45) is -1.87. The van der Waals surface area contributed by atoms with Crippen molar-refractivity contribution < 1.29 is 18.3 Å². The lowest BCUT2D eigenvalue weighted by Gasteiger charge is -2.38. The van der Waals surface area contributed by atoms with E-state index in [9.17, 15) is 18.3 Å². The van der Waals surface area contributed by atoms with Gasteiger partial charge in [0.05, 0.1) is 0 Å². The van der Waals surface area contributed by atoms with Gasteiger partial charge < -0.3 is 15.4 Å². The number of aromatic amines is 1. The van der Waals surface area contributed by atoms with Crippen LogP contribution in [0.2, 0.25) is 0 Å². The van der Waals surface area contributed by atoms with Crippen LogP contribution in [-0.2, 0) is 12.0 Å². The van der Waals surface area contributed by atoms with E-state index < -0.39 is 30.2 Å². The molecule has 0 radical (unpaired) electrons. The number of hydrogen-bond donors (Lipinski definition) is 3. The summed E-state index contributed by atoms with van der Waals surface area (Å²) in [7, 11) is 0. The molecule has 0 saturated carbocycles. The monoisotopic (exact) mass is 391 g/mol. The van der Waals surface area contributed by atoms with Crippen LogP contribution in [0, 0.1) is 0 Å². The molecule has 2 heterocycles. The van der Waals surface area contributed by atoms with E-state index in [0.29, 0.717) is 0 Å². The van der Waals surface area contributed by atoms with Gasteiger partial charge in [-0.3, -0.25) is 4.98 Å². The van der Waals surface area contributed by atoms with Gasteiger partial charge in [0.1, 0.15) is 0 Å². The Morgan fingerprint density at radius 2 is 1.82 bits per heavy atom. The Morgan fingerprint density at radius 1 is 1.11 bits per heavy atom. The van der Waals surface area contributed by atoms with E-state index in [-0.39, 0.29) is 6.54 Å². The van der Waals surface area contributed by atoms with Crippen molar-refractivity contribution in [2.75, 3.05) is 6.54 Å². The number of nitrogens with zero attached hydrogens (tertiary/aromatic N) is 1. The number of aromatic nitrogens is 2. The van der Waals surface area contributed by atoms with E-state index in [4.69, 9.17) is 0 Å². The molecule has 150 valence electrons. The zero-order valence-electron chi connectivity index (χ0n) is 15.8. The highest BCUT2D eigenvalue weighted by Crippen LogP contribution is 2.40. The van der Waals surface area contributed by atoms with Crippen molar-refractivity contribution in [1.82, 2.24) is 15.3 Å². The molecule has 0 amide bonds. The van der Waals surface area contributed by atoms with E-state index in [1.54, 1.807) is 56.6 Å². The van der Waals surface area contributed by atoms with Gasteiger partial charge in [-0.15, -0.1) is 0 Å². The van der Waals surface area contributed by atoms with E-state index in [1.165, 1.54) is 0 Å². The fraction of sp³-hybridized carbons (Fsp3) is 0.381. The summed E-state index contributed by atoms with van der Waals surface area (Å²) >= 11 is 0. The number of benzene rings is 1. The van der Waals surface area contributed by atoms with E-state index >= 15 is 0 Å². The lowest BCUT2D eigenvalue weighted by Crippen LogP contribution is -2.55. The third kappa shape index (κ3) is 4.36. The van der Waals surface area contributed by atoms with Gasteiger partial charge in [0.2, 0.25) is 0 Å². The summed E-state index contributed by atoms with van der Waals surface area (Å²) in [5.41, 5.74) is -1.35. The molecular formula is C21H24F3N3O. The van der Waals surface area contributed by atoms with E-state index in [0.717, 1.165) is 22.2 Å². The minimum Gasteiger partial charge on any atom is -0.379 e. The number of alkyl halides is 3. The molecule has 1 unspecified atom stereocenters. The average Bonchev–Trinajstić information content (AvgIpc) is 3.04. The lowest BCUT2D eigenvalue weighted by atomic mass is 9.75. The Labute approximate surface area is 161 Å². The van der Waals surface area contributed by atoms with Crippen LogP contribution in [0.25, 0.3) is 10.9 Å². The molecule has 3 aromatic rings. The van der Waals surface area contributed by atoms with Crippen molar-refractivity contribution in [2.45, 2.75) is 44.0 Å². The quantitative estimate of drug-likeness (QED) is 0.562. The number of halogens is 3. The molecule has 0 aliphatic rings. The van der Waals surface area contributed by atoms with Crippen LogP contribution in [0.4, 0.5) is 13.2 Å². The molecule has 0 aliphatic carbocycles. The Hall–Kier alpha value is -2.38. The first-order valence-corrected chi connectivity index (χ1v) is 9.08. The number of H-pyrrole nitrogens is 1. The number of hydrogen-bond acceptors (Lipinski definition) is 3. The van der Waals surface area contributed by atoms with Crippen molar-refractivity contribution in [2.24, 2.45) is 0 Å². The first-order chi connectivity index (χ1) is 13.1. The van der Waals surface area contributed by atoms with Gasteiger partial charge in [0.25, 0.3) is 0 Å². The Bertz CT molecular complexity index is 888. The van der Waals surface area contributed by atoms with Gasteiger partial charge in [-0.05, 0) is 29.5 Å². The smallest absolute Gasteiger partial charge is 0.379 e. The fourth-order valence-corrected chi connectivity index (χ4v) is 3.52. The third-order valence-electron chi connectivity index (χ3n) is 5.03. The molecule has 0 bridgehead atoms. The number of aliphatic hydroxyl groups is 1. The Kier molecular flexibility index (Phi) is 5.50. The van der Waals surface area contributed by atoms with Crippen LogP contribution in [0.5, 0.6) is 0 Å². The molecule has 3 rings (SSSR count). The minimum atomic E-state index is -4.75. The number of rotatable bonds is 7. The Morgan fingerprint density at radius 3 is 2.46 bits per heavy atom. The predicted octanol–water partition coefficient (Wildman–Crippen LogP) is 4.31.